The topological polar surface area (TPSA) is 35.8 Å². The minimum atomic E-state index is -4.29. The van der Waals surface area contributed by atoms with E-state index in [-0.39, 0.29) is 22.7 Å². The van der Waals surface area contributed by atoms with E-state index in [2.05, 4.69) is 11.4 Å². The molecule has 0 saturated heterocycles. The van der Waals surface area contributed by atoms with E-state index in [9.17, 15) is 13.2 Å². The maximum atomic E-state index is 12.1. The van der Waals surface area contributed by atoms with E-state index in [1.807, 2.05) is 13.8 Å². The highest BCUT2D eigenvalue weighted by atomic mass is 32.2. The molecule has 6 heteroatoms. The Morgan fingerprint density at radius 1 is 1.22 bits per heavy atom. The molecule has 0 aliphatic heterocycles. The van der Waals surface area contributed by atoms with Gasteiger partial charge in [-0.05, 0) is 43.3 Å². The first-order valence-electron chi connectivity index (χ1n) is 5.33. The van der Waals surface area contributed by atoms with Crippen molar-refractivity contribution < 1.29 is 13.2 Å². The molecule has 98 valence electrons. The number of halogens is 3. The molecule has 0 spiro atoms. The van der Waals surface area contributed by atoms with Crippen LogP contribution in [0.2, 0.25) is 0 Å². The average molecular weight is 274 g/mol. The highest BCUT2D eigenvalue weighted by Gasteiger charge is 2.29. The second-order valence-corrected chi connectivity index (χ2v) is 5.14. The van der Waals surface area contributed by atoms with Gasteiger partial charge in [-0.25, -0.2) is 0 Å². The number of benzene rings is 1. The molecule has 1 atom stereocenters. The number of nitrogens with one attached hydrogen (secondary N) is 1. The highest BCUT2D eigenvalue weighted by molar-refractivity contribution is 8.00. The molecule has 18 heavy (non-hydrogen) atoms. The Hall–Kier alpha value is -1.19. The summed E-state index contributed by atoms with van der Waals surface area (Å²) in [5, 5.41) is 12.0. The summed E-state index contributed by atoms with van der Waals surface area (Å²) in [7, 11) is 0. The first-order chi connectivity index (χ1) is 8.31. The lowest BCUT2D eigenvalue weighted by Crippen LogP contribution is -2.27. The fourth-order valence-corrected chi connectivity index (χ4v) is 1.94. The average Bonchev–Trinajstić information content (AvgIpc) is 2.24. The number of nitrogens with zero attached hydrogens (tertiary/aromatic N) is 1. The van der Waals surface area contributed by atoms with E-state index in [1.165, 1.54) is 24.3 Å². The summed E-state index contributed by atoms with van der Waals surface area (Å²) in [5.74, 6) is 0. The number of nitriles is 1. The van der Waals surface area contributed by atoms with E-state index < -0.39 is 11.6 Å². The lowest BCUT2D eigenvalue weighted by Gasteiger charge is -2.15. The minimum absolute atomic E-state index is 0.118. The zero-order chi connectivity index (χ0) is 13.8. The van der Waals surface area contributed by atoms with E-state index >= 15 is 0 Å². The summed E-state index contributed by atoms with van der Waals surface area (Å²) >= 11 is -0.161. The predicted molar refractivity (Wildman–Crippen MR) is 65.0 cm³/mol. The molecule has 0 aliphatic carbocycles. The van der Waals surface area contributed by atoms with Crippen molar-refractivity contribution in [3.63, 3.8) is 0 Å². The summed E-state index contributed by atoms with van der Waals surface area (Å²) in [4.78, 5) is 0.118. The molecule has 1 N–H and O–H groups in total. The van der Waals surface area contributed by atoms with Crippen LogP contribution in [-0.4, -0.2) is 11.6 Å². The van der Waals surface area contributed by atoms with Crippen LogP contribution in [0.5, 0.6) is 0 Å². The second kappa shape index (κ2) is 6.12. The number of hydrogen-bond donors (Lipinski definition) is 1. The van der Waals surface area contributed by atoms with Gasteiger partial charge < -0.3 is 0 Å². The van der Waals surface area contributed by atoms with E-state index in [0.29, 0.717) is 5.56 Å². The summed E-state index contributed by atoms with van der Waals surface area (Å²) in [6, 6.07) is 7.52. The summed E-state index contributed by atoms with van der Waals surface area (Å²) in [6.45, 7) is 3.80. The molecule has 2 nitrogen and oxygen atoms in total. The SMILES string of the molecule is CC(C)NC(C#N)c1ccc(SC(F)(F)F)cc1. The second-order valence-electron chi connectivity index (χ2n) is 4.00. The largest absolute Gasteiger partial charge is 0.446 e. The Labute approximate surface area is 108 Å². The molecule has 1 unspecified atom stereocenters. The van der Waals surface area contributed by atoms with Crippen LogP contribution < -0.4 is 5.32 Å². The van der Waals surface area contributed by atoms with Crippen molar-refractivity contribution in [3.05, 3.63) is 29.8 Å². The van der Waals surface area contributed by atoms with Crippen molar-refractivity contribution in [2.45, 2.75) is 36.3 Å². The summed E-state index contributed by atoms with van der Waals surface area (Å²) in [5.41, 5.74) is -3.62. The van der Waals surface area contributed by atoms with Gasteiger partial charge in [0.25, 0.3) is 0 Å². The van der Waals surface area contributed by atoms with E-state index in [0.717, 1.165) is 0 Å². The predicted octanol–water partition coefficient (Wildman–Crippen LogP) is 3.86. The zero-order valence-corrected chi connectivity index (χ0v) is 10.8. The van der Waals surface area contributed by atoms with Crippen LogP contribution in [0.4, 0.5) is 13.2 Å². The highest BCUT2D eigenvalue weighted by Crippen LogP contribution is 2.36. The molecule has 0 aliphatic rings. The molecule has 0 saturated carbocycles. The van der Waals surface area contributed by atoms with Gasteiger partial charge in [0, 0.05) is 10.9 Å². The lowest BCUT2D eigenvalue weighted by molar-refractivity contribution is -0.0328. The molecule has 0 aromatic heterocycles. The van der Waals surface area contributed by atoms with Crippen LogP contribution in [0, 0.1) is 11.3 Å². The molecule has 0 amide bonds. The third kappa shape index (κ3) is 4.98. The van der Waals surface area contributed by atoms with Gasteiger partial charge in [0.2, 0.25) is 0 Å². The van der Waals surface area contributed by atoms with Crippen molar-refractivity contribution in [1.29, 1.82) is 5.26 Å². The Morgan fingerprint density at radius 2 is 1.78 bits per heavy atom. The fourth-order valence-electron chi connectivity index (χ4n) is 1.40. The first kappa shape index (κ1) is 14.9. The summed E-state index contributed by atoms with van der Waals surface area (Å²) < 4.78 is 36.4. The third-order valence-electron chi connectivity index (χ3n) is 2.08. The van der Waals surface area contributed by atoms with Crippen LogP contribution >= 0.6 is 11.8 Å². The Kier molecular flexibility index (Phi) is 5.05. The van der Waals surface area contributed by atoms with Gasteiger partial charge >= 0.3 is 5.51 Å². The van der Waals surface area contributed by atoms with Crippen molar-refractivity contribution in [2.24, 2.45) is 0 Å². The number of thioether (sulfide) groups is 1. The van der Waals surface area contributed by atoms with Crippen molar-refractivity contribution >= 4 is 11.8 Å². The van der Waals surface area contributed by atoms with Crippen molar-refractivity contribution in [3.8, 4) is 6.07 Å². The minimum Gasteiger partial charge on any atom is -0.296 e. The van der Waals surface area contributed by atoms with Gasteiger partial charge in [0.05, 0.1) is 6.07 Å². The van der Waals surface area contributed by atoms with Gasteiger partial charge in [-0.1, -0.05) is 12.1 Å². The number of hydrogen-bond acceptors (Lipinski definition) is 3. The molecule has 1 aromatic rings. The van der Waals surface area contributed by atoms with E-state index in [4.69, 9.17) is 5.26 Å². The van der Waals surface area contributed by atoms with E-state index in [1.54, 1.807) is 0 Å². The van der Waals surface area contributed by atoms with Gasteiger partial charge in [0.15, 0.2) is 0 Å². The fraction of sp³-hybridized carbons (Fsp3) is 0.417. The quantitative estimate of drug-likeness (QED) is 0.847. The maximum absolute atomic E-state index is 12.1. The molecular formula is C12H13F3N2S. The van der Waals surface area contributed by atoms with Gasteiger partial charge in [0.1, 0.15) is 6.04 Å². The van der Waals surface area contributed by atoms with Crippen molar-refractivity contribution in [1.82, 2.24) is 5.32 Å². The molecule has 0 bridgehead atoms. The summed E-state index contributed by atoms with van der Waals surface area (Å²) in [6.07, 6.45) is 0. The molecule has 0 radical (unpaired) electrons. The Balaban J connectivity index is 2.79. The van der Waals surface area contributed by atoms with Crippen LogP contribution in [0.25, 0.3) is 0 Å². The van der Waals surface area contributed by atoms with Gasteiger partial charge in [-0.2, -0.15) is 18.4 Å². The zero-order valence-electron chi connectivity index (χ0n) is 9.95. The molecular weight excluding hydrogens is 261 g/mol. The Bertz CT molecular complexity index is 420. The maximum Gasteiger partial charge on any atom is 0.446 e. The lowest BCUT2D eigenvalue weighted by atomic mass is 10.1. The number of rotatable bonds is 4. The molecule has 0 fully saturated rings. The third-order valence-corrected chi connectivity index (χ3v) is 2.82. The smallest absolute Gasteiger partial charge is 0.296 e. The van der Waals surface area contributed by atoms with Crippen molar-refractivity contribution in [2.75, 3.05) is 0 Å². The first-order valence-corrected chi connectivity index (χ1v) is 6.15. The molecule has 1 rings (SSSR count). The van der Waals surface area contributed by atoms with Gasteiger partial charge in [-0.3, -0.25) is 5.32 Å². The Morgan fingerprint density at radius 3 is 2.17 bits per heavy atom. The standard InChI is InChI=1S/C12H13F3N2S/c1-8(2)17-11(7-16)9-3-5-10(6-4-9)18-12(13,14)15/h3-6,8,11,17H,1-2H3. The van der Waals surface area contributed by atoms with Crippen LogP contribution in [0.3, 0.4) is 0 Å². The van der Waals surface area contributed by atoms with Crippen LogP contribution in [0.1, 0.15) is 25.5 Å². The normalized spacial score (nSPS) is 13.4. The van der Waals surface area contributed by atoms with Crippen LogP contribution in [-0.2, 0) is 0 Å². The van der Waals surface area contributed by atoms with Gasteiger partial charge in [-0.15, -0.1) is 0 Å². The molecule has 0 heterocycles. The molecule has 1 aromatic carbocycles. The van der Waals surface area contributed by atoms with Crippen LogP contribution in [0.15, 0.2) is 29.2 Å². The number of alkyl halides is 3. The monoisotopic (exact) mass is 274 g/mol.